The molecule has 3 aliphatic heterocycles. The van der Waals surface area contributed by atoms with E-state index in [4.69, 9.17) is 23.7 Å². The van der Waals surface area contributed by atoms with Gasteiger partial charge >= 0.3 is 17.5 Å². The zero-order chi connectivity index (χ0) is 39.3. The van der Waals surface area contributed by atoms with E-state index in [0.29, 0.717) is 5.56 Å². The first-order valence-electron chi connectivity index (χ1n) is 16.2. The molecule has 17 nitrogen and oxygen atoms in total. The van der Waals surface area contributed by atoms with Crippen LogP contribution in [0.5, 0.6) is 74.7 Å². The number of carbonyl (C=O) groups excluding carboxylic acids is 2. The lowest BCUT2D eigenvalue weighted by Gasteiger charge is -2.50. The van der Waals surface area contributed by atoms with E-state index in [9.17, 15) is 60.7 Å². The van der Waals surface area contributed by atoms with Gasteiger partial charge in [-0.25, -0.2) is 4.79 Å². The van der Waals surface area contributed by atoms with Crippen LogP contribution in [0.15, 0.2) is 66.7 Å². The summed E-state index contributed by atoms with van der Waals surface area (Å²) < 4.78 is 30.0. The second-order valence-corrected chi connectivity index (χ2v) is 13.1. The SMILES string of the molecule is Cc1cc(O)c2c(c1)OC(c1cc(O)c3c(c1)OC1(O)C(=O)c4c(O)cc(O)cc4OC1(c1ccc(O)c(O)c1)O3)C(OC(=O)c1cc(O)c(O)c(O)c1)C2. The van der Waals surface area contributed by atoms with Gasteiger partial charge in [0.15, 0.2) is 46.4 Å². The van der Waals surface area contributed by atoms with Gasteiger partial charge in [0.1, 0.15) is 40.4 Å². The molecule has 0 radical (unpaired) electrons. The van der Waals surface area contributed by atoms with Crippen molar-refractivity contribution in [1.29, 1.82) is 0 Å². The Labute approximate surface area is 307 Å². The number of rotatable bonds is 4. The van der Waals surface area contributed by atoms with Crippen LogP contribution >= 0.6 is 0 Å². The number of aliphatic hydroxyl groups is 1. The first-order valence-corrected chi connectivity index (χ1v) is 16.2. The Morgan fingerprint density at radius 2 is 1.44 bits per heavy atom. The number of hydrogen-bond acceptors (Lipinski definition) is 17. The third-order valence-electron chi connectivity index (χ3n) is 9.44. The fraction of sp³-hybridized carbons (Fsp3) is 0.158. The number of phenols is 9. The van der Waals surface area contributed by atoms with Gasteiger partial charge in [-0.2, -0.15) is 0 Å². The molecule has 0 saturated carbocycles. The smallest absolute Gasteiger partial charge is 0.358 e. The van der Waals surface area contributed by atoms with E-state index in [2.05, 4.69) is 0 Å². The first kappa shape index (κ1) is 34.7. The molecule has 282 valence electrons. The van der Waals surface area contributed by atoms with Crippen LogP contribution in [0.2, 0.25) is 0 Å². The van der Waals surface area contributed by atoms with Crippen LogP contribution in [0.4, 0.5) is 0 Å². The maximum absolute atomic E-state index is 14.2. The Morgan fingerprint density at radius 3 is 2.15 bits per heavy atom. The summed E-state index contributed by atoms with van der Waals surface area (Å²) in [5, 5.41) is 105. The van der Waals surface area contributed by atoms with E-state index >= 15 is 0 Å². The summed E-state index contributed by atoms with van der Waals surface area (Å²) in [6.45, 7) is 1.69. The average molecular weight is 757 g/mol. The molecule has 0 fully saturated rings. The second-order valence-electron chi connectivity index (χ2n) is 13.1. The highest BCUT2D eigenvalue weighted by molar-refractivity contribution is 6.08. The third kappa shape index (κ3) is 5.19. The molecule has 8 rings (SSSR count). The number of Topliss-reactive ketones (excluding diaryl/α,β-unsaturated/α-hetero) is 1. The number of aromatic hydroxyl groups is 9. The fourth-order valence-corrected chi connectivity index (χ4v) is 6.85. The Morgan fingerprint density at radius 1 is 0.709 bits per heavy atom. The molecule has 0 aromatic heterocycles. The Balaban J connectivity index is 1.25. The second kappa shape index (κ2) is 11.8. The molecule has 0 aliphatic carbocycles. The normalized spacial score (nSPS) is 22.0. The molecule has 5 aromatic carbocycles. The van der Waals surface area contributed by atoms with Crippen molar-refractivity contribution in [2.24, 2.45) is 0 Å². The Bertz CT molecular complexity index is 2470. The van der Waals surface area contributed by atoms with Crippen LogP contribution in [0.1, 0.15) is 49.1 Å². The maximum Gasteiger partial charge on any atom is 0.358 e. The number of ketones is 1. The van der Waals surface area contributed by atoms with E-state index in [1.807, 2.05) is 0 Å². The molecule has 3 heterocycles. The molecule has 10 N–H and O–H groups in total. The third-order valence-corrected chi connectivity index (χ3v) is 9.44. The van der Waals surface area contributed by atoms with E-state index < -0.39 is 104 Å². The lowest BCUT2D eigenvalue weighted by Crippen LogP contribution is -2.70. The van der Waals surface area contributed by atoms with Crippen molar-refractivity contribution in [3.8, 4) is 74.7 Å². The van der Waals surface area contributed by atoms with Gasteiger partial charge in [0.2, 0.25) is 5.75 Å². The minimum atomic E-state index is -3.27. The standard InChI is InChI=1S/C38H28O17/c1-14-4-21(41)19-13-29(52-36(49)16-7-24(44)32(47)25(45)8-16)33(51-27(19)5-14)15-6-26(46)34-30(9-15)53-37(50)35(48)31-23(43)11-18(39)12-28(31)54-38(37,55-34)17-2-3-20(40)22(42)10-17/h2-12,29,33,39-47,50H,13H2,1H3. The minimum Gasteiger partial charge on any atom is -0.508 e. The average Bonchev–Trinajstić information content (AvgIpc) is 3.11. The van der Waals surface area contributed by atoms with Gasteiger partial charge in [0.25, 0.3) is 5.78 Å². The highest BCUT2D eigenvalue weighted by Gasteiger charge is 2.71. The van der Waals surface area contributed by atoms with Crippen molar-refractivity contribution < 1.29 is 84.3 Å². The molecule has 4 atom stereocenters. The molecule has 0 bridgehead atoms. The zero-order valence-corrected chi connectivity index (χ0v) is 28.0. The summed E-state index contributed by atoms with van der Waals surface area (Å²) in [5.74, 6) is -16.0. The van der Waals surface area contributed by atoms with Gasteiger partial charge in [0, 0.05) is 35.2 Å². The van der Waals surface area contributed by atoms with Crippen molar-refractivity contribution in [3.05, 3.63) is 100 Å². The predicted molar refractivity (Wildman–Crippen MR) is 181 cm³/mol. The summed E-state index contributed by atoms with van der Waals surface area (Å²) in [7, 11) is 0. The molecule has 55 heavy (non-hydrogen) atoms. The summed E-state index contributed by atoms with van der Waals surface area (Å²) in [5.41, 5.74) is -0.507. The Hall–Kier alpha value is -7.40. The molecule has 0 spiro atoms. The van der Waals surface area contributed by atoms with E-state index in [1.54, 1.807) is 13.0 Å². The number of carbonyl (C=O) groups is 2. The topological polar surface area (TPSA) is 283 Å². The molecule has 0 amide bonds. The van der Waals surface area contributed by atoms with Gasteiger partial charge in [0.05, 0.1) is 5.56 Å². The van der Waals surface area contributed by atoms with Crippen LogP contribution < -0.4 is 18.9 Å². The van der Waals surface area contributed by atoms with Crippen molar-refractivity contribution >= 4 is 11.8 Å². The van der Waals surface area contributed by atoms with Crippen molar-refractivity contribution in [2.75, 3.05) is 0 Å². The van der Waals surface area contributed by atoms with Crippen LogP contribution in [0.25, 0.3) is 0 Å². The molecular weight excluding hydrogens is 728 g/mol. The van der Waals surface area contributed by atoms with Gasteiger partial charge in [-0.1, -0.05) is 0 Å². The minimum absolute atomic E-state index is 0.00331. The van der Waals surface area contributed by atoms with Crippen molar-refractivity contribution in [2.45, 2.75) is 37.1 Å². The van der Waals surface area contributed by atoms with E-state index in [0.717, 1.165) is 48.5 Å². The number of fused-ring (bicyclic) bond motifs is 4. The number of benzene rings is 5. The highest BCUT2D eigenvalue weighted by atomic mass is 16.8. The maximum atomic E-state index is 14.2. The van der Waals surface area contributed by atoms with E-state index in [-0.39, 0.29) is 40.2 Å². The predicted octanol–water partition coefficient (Wildman–Crippen LogP) is 3.84. The largest absolute Gasteiger partial charge is 0.508 e. The van der Waals surface area contributed by atoms with Gasteiger partial charge < -0.3 is 74.7 Å². The Kier molecular flexibility index (Phi) is 7.44. The number of phenolic OH excluding ortho intramolecular Hbond substituents is 9. The van der Waals surface area contributed by atoms with Gasteiger partial charge in [-0.15, -0.1) is 0 Å². The van der Waals surface area contributed by atoms with Crippen LogP contribution in [-0.4, -0.2) is 74.7 Å². The summed E-state index contributed by atoms with van der Waals surface area (Å²) in [6.07, 6.45) is -2.85. The summed E-state index contributed by atoms with van der Waals surface area (Å²) >= 11 is 0. The molecule has 0 saturated heterocycles. The van der Waals surface area contributed by atoms with E-state index in [1.165, 1.54) is 12.1 Å². The molecule has 3 aliphatic rings. The van der Waals surface area contributed by atoms with Crippen molar-refractivity contribution in [1.82, 2.24) is 0 Å². The molecule has 4 unspecified atom stereocenters. The lowest BCUT2D eigenvalue weighted by atomic mass is 9.85. The number of ether oxygens (including phenoxy) is 5. The monoisotopic (exact) mass is 756 g/mol. The fourth-order valence-electron chi connectivity index (χ4n) is 6.85. The van der Waals surface area contributed by atoms with Crippen LogP contribution in [0.3, 0.4) is 0 Å². The first-order chi connectivity index (χ1) is 26.0. The number of hydrogen-bond donors (Lipinski definition) is 10. The van der Waals surface area contributed by atoms with Crippen LogP contribution in [-0.2, 0) is 16.9 Å². The highest BCUT2D eigenvalue weighted by Crippen LogP contribution is 2.58. The molecule has 5 aromatic rings. The quantitative estimate of drug-likeness (QED) is 0.0921. The lowest BCUT2D eigenvalue weighted by molar-refractivity contribution is -0.316. The molecular formula is C38H28O17. The molecule has 17 heteroatoms. The summed E-state index contributed by atoms with van der Waals surface area (Å²) in [4.78, 5) is 27.6. The van der Waals surface area contributed by atoms with Gasteiger partial charge in [-0.05, 0) is 67.1 Å². The number of esters is 1. The van der Waals surface area contributed by atoms with Crippen LogP contribution in [0, 0.1) is 6.92 Å². The number of aryl methyl sites for hydroxylation is 1. The zero-order valence-electron chi connectivity index (χ0n) is 28.0. The van der Waals surface area contributed by atoms with Gasteiger partial charge in [-0.3, -0.25) is 4.79 Å². The summed E-state index contributed by atoms with van der Waals surface area (Å²) in [6, 6.07) is 11.8. The van der Waals surface area contributed by atoms with Crippen molar-refractivity contribution in [3.63, 3.8) is 0 Å².